The Hall–Kier alpha value is -1.68. The molecule has 0 aromatic carbocycles. The van der Waals surface area contributed by atoms with Crippen LogP contribution in [0.5, 0.6) is 0 Å². The first-order valence-corrected chi connectivity index (χ1v) is 6.21. The van der Waals surface area contributed by atoms with Gasteiger partial charge in [0.05, 0.1) is 0 Å². The lowest BCUT2D eigenvalue weighted by Crippen LogP contribution is -2.32. The summed E-state index contributed by atoms with van der Waals surface area (Å²) in [4.78, 5) is 16.0. The number of ketones is 1. The predicted molar refractivity (Wildman–Crippen MR) is 68.5 cm³/mol. The molecule has 4 heteroatoms. The maximum atomic E-state index is 11.5. The van der Waals surface area contributed by atoms with E-state index in [0.29, 0.717) is 0 Å². The number of carbonyl (C=O) groups excluding carboxylic acids is 1. The summed E-state index contributed by atoms with van der Waals surface area (Å²) in [6.45, 7) is 4.41. The van der Waals surface area contributed by atoms with Gasteiger partial charge in [-0.3, -0.25) is 4.79 Å². The average Bonchev–Trinajstić information content (AvgIpc) is 2.68. The van der Waals surface area contributed by atoms with Crippen molar-refractivity contribution in [3.8, 4) is 0 Å². The summed E-state index contributed by atoms with van der Waals surface area (Å²) in [6.07, 6.45) is 4.45. The monoisotopic (exact) mass is 244 g/mol. The van der Waals surface area contributed by atoms with Crippen LogP contribution in [0.15, 0.2) is 12.4 Å². The molecule has 0 saturated carbocycles. The molecule has 18 heavy (non-hydrogen) atoms. The van der Waals surface area contributed by atoms with Gasteiger partial charge in [-0.05, 0) is 24.5 Å². The fraction of sp³-hybridized carbons (Fsp3) is 0.429. The molecule has 1 saturated heterocycles. The first kappa shape index (κ1) is 11.4. The predicted octanol–water partition coefficient (Wildman–Crippen LogP) is 2.08. The summed E-state index contributed by atoms with van der Waals surface area (Å²) < 4.78 is 7.38. The lowest BCUT2D eigenvalue weighted by molar-refractivity contribution is -0.155. The second-order valence-corrected chi connectivity index (χ2v) is 4.81. The summed E-state index contributed by atoms with van der Waals surface area (Å²) in [5, 5.41) is 1.17. The number of fused-ring (bicyclic) bond motifs is 1. The summed E-state index contributed by atoms with van der Waals surface area (Å²) in [5.41, 5.74) is 4.28. The minimum atomic E-state index is -0.396. The first-order chi connectivity index (χ1) is 8.63. The fourth-order valence-corrected chi connectivity index (χ4v) is 2.65. The number of aryl methyl sites for hydroxylation is 3. The van der Waals surface area contributed by atoms with E-state index < -0.39 is 6.10 Å². The number of pyridine rings is 1. The molecule has 3 heterocycles. The largest absolute Gasteiger partial charge is 0.358 e. The van der Waals surface area contributed by atoms with Crippen molar-refractivity contribution >= 4 is 16.8 Å². The Kier molecular flexibility index (Phi) is 2.48. The molecule has 0 aliphatic carbocycles. The first-order valence-electron chi connectivity index (χ1n) is 6.21. The maximum Gasteiger partial charge on any atom is 0.191 e. The van der Waals surface area contributed by atoms with Gasteiger partial charge in [-0.15, -0.1) is 0 Å². The van der Waals surface area contributed by atoms with Crippen LogP contribution in [0.2, 0.25) is 0 Å². The standard InChI is InChI=1S/C14H16N2O2/c1-4-9-6-16(3)14-12(9)8(2)10(5-15-14)13-11(17)7-18-13/h5-6,13H,4,7H2,1-3H3. The number of ether oxygens (including phenoxy) is 1. The number of aromatic nitrogens is 2. The minimum Gasteiger partial charge on any atom is -0.358 e. The highest BCUT2D eigenvalue weighted by Gasteiger charge is 2.33. The van der Waals surface area contributed by atoms with Crippen molar-refractivity contribution in [1.82, 2.24) is 9.55 Å². The van der Waals surface area contributed by atoms with E-state index in [1.54, 1.807) is 6.20 Å². The van der Waals surface area contributed by atoms with Gasteiger partial charge < -0.3 is 9.30 Å². The van der Waals surface area contributed by atoms with Crippen LogP contribution in [-0.4, -0.2) is 21.9 Å². The molecule has 0 N–H and O–H groups in total. The van der Waals surface area contributed by atoms with Gasteiger partial charge in [0, 0.05) is 30.4 Å². The van der Waals surface area contributed by atoms with Crippen molar-refractivity contribution in [2.75, 3.05) is 6.61 Å². The molecule has 4 nitrogen and oxygen atoms in total. The normalized spacial score (nSPS) is 19.3. The van der Waals surface area contributed by atoms with Crippen LogP contribution in [0.25, 0.3) is 11.0 Å². The van der Waals surface area contributed by atoms with Gasteiger partial charge in [-0.1, -0.05) is 6.92 Å². The smallest absolute Gasteiger partial charge is 0.191 e. The lowest BCUT2D eigenvalue weighted by Gasteiger charge is -2.26. The number of rotatable bonds is 2. The van der Waals surface area contributed by atoms with Crippen LogP contribution in [0.1, 0.15) is 29.7 Å². The zero-order valence-electron chi connectivity index (χ0n) is 10.9. The van der Waals surface area contributed by atoms with Crippen molar-refractivity contribution < 1.29 is 9.53 Å². The van der Waals surface area contributed by atoms with Crippen molar-refractivity contribution in [3.05, 3.63) is 29.1 Å². The van der Waals surface area contributed by atoms with Crippen molar-refractivity contribution in [2.45, 2.75) is 26.4 Å². The number of nitrogens with zero attached hydrogens (tertiary/aromatic N) is 2. The molecule has 1 unspecified atom stereocenters. The minimum absolute atomic E-state index is 0.147. The number of hydrogen-bond donors (Lipinski definition) is 0. The van der Waals surface area contributed by atoms with Gasteiger partial charge in [0.25, 0.3) is 0 Å². The highest BCUT2D eigenvalue weighted by molar-refractivity contribution is 5.92. The van der Waals surface area contributed by atoms with E-state index in [9.17, 15) is 4.79 Å². The van der Waals surface area contributed by atoms with E-state index in [-0.39, 0.29) is 12.4 Å². The third-order valence-electron chi connectivity index (χ3n) is 3.71. The lowest BCUT2D eigenvalue weighted by atomic mass is 9.96. The number of Topliss-reactive ketones (excluding diaryl/α,β-unsaturated/α-hetero) is 1. The summed E-state index contributed by atoms with van der Waals surface area (Å²) in [7, 11) is 2.00. The Morgan fingerprint density at radius 1 is 1.56 bits per heavy atom. The molecule has 94 valence electrons. The van der Waals surface area contributed by atoms with Crippen molar-refractivity contribution in [2.24, 2.45) is 7.05 Å². The molecule has 2 aromatic heterocycles. The highest BCUT2D eigenvalue weighted by Crippen LogP contribution is 2.33. The molecular weight excluding hydrogens is 228 g/mol. The molecule has 0 radical (unpaired) electrons. The zero-order chi connectivity index (χ0) is 12.9. The van der Waals surface area contributed by atoms with Gasteiger partial charge in [0.15, 0.2) is 5.78 Å². The SMILES string of the molecule is CCc1cn(C)c2ncc(C3OCC3=O)c(C)c12. The van der Waals surface area contributed by atoms with Crippen molar-refractivity contribution in [1.29, 1.82) is 0 Å². The van der Waals surface area contributed by atoms with E-state index >= 15 is 0 Å². The van der Waals surface area contributed by atoms with Gasteiger partial charge in [-0.25, -0.2) is 4.98 Å². The average molecular weight is 244 g/mol. The van der Waals surface area contributed by atoms with E-state index in [2.05, 4.69) is 18.1 Å². The number of hydrogen-bond acceptors (Lipinski definition) is 3. The number of carbonyl (C=O) groups is 1. The van der Waals surface area contributed by atoms with Crippen LogP contribution in [-0.2, 0) is 23.0 Å². The quantitative estimate of drug-likeness (QED) is 0.812. The Labute approximate surface area is 106 Å². The molecule has 1 aliphatic rings. The van der Waals surface area contributed by atoms with E-state index in [0.717, 1.165) is 23.2 Å². The molecule has 0 bridgehead atoms. The van der Waals surface area contributed by atoms with Crippen molar-refractivity contribution in [3.63, 3.8) is 0 Å². The third kappa shape index (κ3) is 1.42. The Morgan fingerprint density at radius 3 is 2.89 bits per heavy atom. The topological polar surface area (TPSA) is 44.1 Å². The van der Waals surface area contributed by atoms with Crippen LogP contribution in [0, 0.1) is 6.92 Å². The summed E-state index contributed by atoms with van der Waals surface area (Å²) >= 11 is 0. The van der Waals surface area contributed by atoms with Gasteiger partial charge in [0.1, 0.15) is 18.4 Å². The van der Waals surface area contributed by atoms with Gasteiger partial charge >= 0.3 is 0 Å². The molecule has 0 spiro atoms. The molecule has 1 atom stereocenters. The summed E-state index contributed by atoms with van der Waals surface area (Å²) in [5.74, 6) is 0.147. The Morgan fingerprint density at radius 2 is 2.33 bits per heavy atom. The fourth-order valence-electron chi connectivity index (χ4n) is 2.65. The second-order valence-electron chi connectivity index (χ2n) is 4.81. The van der Waals surface area contributed by atoms with Crippen LogP contribution < -0.4 is 0 Å². The molecular formula is C14H16N2O2. The molecule has 0 amide bonds. The Balaban J connectivity index is 2.24. The zero-order valence-corrected chi connectivity index (χ0v) is 10.9. The van der Waals surface area contributed by atoms with Crippen LogP contribution in [0.4, 0.5) is 0 Å². The molecule has 3 rings (SSSR count). The van der Waals surface area contributed by atoms with Gasteiger partial charge in [-0.2, -0.15) is 0 Å². The van der Waals surface area contributed by atoms with Crippen LogP contribution >= 0.6 is 0 Å². The van der Waals surface area contributed by atoms with Gasteiger partial charge in [0.2, 0.25) is 0 Å². The van der Waals surface area contributed by atoms with E-state index in [1.165, 1.54) is 10.9 Å². The third-order valence-corrected chi connectivity index (χ3v) is 3.71. The van der Waals surface area contributed by atoms with E-state index in [4.69, 9.17) is 4.74 Å². The molecule has 1 aliphatic heterocycles. The maximum absolute atomic E-state index is 11.5. The Bertz CT molecular complexity index is 643. The van der Waals surface area contributed by atoms with Crippen LogP contribution in [0.3, 0.4) is 0 Å². The molecule has 1 fully saturated rings. The summed E-state index contributed by atoms with van der Waals surface area (Å²) in [6, 6.07) is 0. The molecule has 2 aromatic rings. The second kappa shape index (κ2) is 3.92. The highest BCUT2D eigenvalue weighted by atomic mass is 16.5. The van der Waals surface area contributed by atoms with E-state index in [1.807, 2.05) is 18.5 Å².